The molecule has 1 atom stereocenters. The molecule has 0 aliphatic carbocycles. The van der Waals surface area contributed by atoms with Crippen LogP contribution in [-0.2, 0) is 25.5 Å². The van der Waals surface area contributed by atoms with Crippen LogP contribution in [-0.4, -0.2) is 40.6 Å². The average Bonchev–Trinajstić information content (AvgIpc) is 2.65. The molecular weight excluding hydrogens is 421 g/mol. The van der Waals surface area contributed by atoms with Crippen LogP contribution in [0.4, 0.5) is 14.9 Å². The van der Waals surface area contributed by atoms with Crippen molar-refractivity contribution in [2.75, 3.05) is 5.32 Å². The number of ether oxygens (including phenoxy) is 1. The monoisotopic (exact) mass is 453 g/mol. The summed E-state index contributed by atoms with van der Waals surface area (Å²) in [7, 11) is 0. The Labute approximate surface area is 186 Å². The van der Waals surface area contributed by atoms with Crippen LogP contribution in [0.15, 0.2) is 18.2 Å². The fraction of sp³-hybridized carbons (Fsp3) is 0.545. The number of rotatable bonds is 12. The topological polar surface area (TPSA) is 148 Å². The van der Waals surface area contributed by atoms with E-state index in [0.717, 1.165) is 0 Å². The Bertz CT molecular complexity index is 822. The molecule has 5 N–H and O–H groups in total. The summed E-state index contributed by atoms with van der Waals surface area (Å²) in [5.41, 5.74) is 4.67. The fourth-order valence-corrected chi connectivity index (χ4v) is 2.86. The summed E-state index contributed by atoms with van der Waals surface area (Å²) in [6, 6.07) is 3.41. The van der Waals surface area contributed by atoms with Crippen LogP contribution >= 0.6 is 0 Å². The number of carboxylic acid groups (broad SMARTS) is 1. The Morgan fingerprint density at radius 2 is 1.81 bits per heavy atom. The zero-order valence-corrected chi connectivity index (χ0v) is 18.7. The second kappa shape index (κ2) is 12.6. The summed E-state index contributed by atoms with van der Waals surface area (Å²) in [6.45, 7) is 4.98. The molecule has 178 valence electrons. The van der Waals surface area contributed by atoms with Crippen molar-refractivity contribution in [1.82, 2.24) is 5.32 Å². The summed E-state index contributed by atoms with van der Waals surface area (Å²) in [5, 5.41) is 13.5. The molecule has 9 nitrogen and oxygen atoms in total. The van der Waals surface area contributed by atoms with E-state index in [1.807, 2.05) is 0 Å². The number of alkyl carbamates (subject to hydrolysis) is 1. The molecule has 0 saturated heterocycles. The van der Waals surface area contributed by atoms with Gasteiger partial charge in [0.1, 0.15) is 17.5 Å². The molecule has 0 radical (unpaired) electrons. The third-order valence-electron chi connectivity index (χ3n) is 4.36. The molecule has 1 rings (SSSR count). The Balaban J connectivity index is 2.81. The van der Waals surface area contributed by atoms with E-state index in [-0.39, 0.29) is 24.9 Å². The molecule has 0 unspecified atom stereocenters. The largest absolute Gasteiger partial charge is 0.481 e. The van der Waals surface area contributed by atoms with Gasteiger partial charge in [-0.25, -0.2) is 9.18 Å². The third kappa shape index (κ3) is 10.7. The Morgan fingerprint density at radius 1 is 1.12 bits per heavy atom. The average molecular weight is 454 g/mol. The lowest BCUT2D eigenvalue weighted by molar-refractivity contribution is -0.137. The predicted octanol–water partition coefficient (Wildman–Crippen LogP) is 3.11. The van der Waals surface area contributed by atoms with E-state index in [2.05, 4.69) is 10.6 Å². The number of primary amides is 1. The minimum absolute atomic E-state index is 0.0619. The molecule has 3 amide bonds. The number of carbonyl (C=O) groups is 4. The maximum atomic E-state index is 14.8. The van der Waals surface area contributed by atoms with Crippen molar-refractivity contribution in [1.29, 1.82) is 0 Å². The number of nitrogens with one attached hydrogen (secondary N) is 2. The number of anilines is 1. The first-order valence-electron chi connectivity index (χ1n) is 10.5. The first-order valence-corrected chi connectivity index (χ1v) is 10.5. The Hall–Kier alpha value is -3.17. The molecule has 0 saturated carbocycles. The van der Waals surface area contributed by atoms with E-state index in [1.165, 1.54) is 6.07 Å². The lowest BCUT2D eigenvalue weighted by Gasteiger charge is -2.23. The number of hydrogen-bond donors (Lipinski definition) is 4. The van der Waals surface area contributed by atoms with Gasteiger partial charge in [-0.3, -0.25) is 14.4 Å². The van der Waals surface area contributed by atoms with E-state index in [4.69, 9.17) is 15.6 Å². The van der Waals surface area contributed by atoms with Crippen molar-refractivity contribution < 1.29 is 33.4 Å². The van der Waals surface area contributed by atoms with Crippen molar-refractivity contribution in [2.24, 2.45) is 5.73 Å². The number of aryl methyl sites for hydroxylation is 1. The maximum Gasteiger partial charge on any atom is 0.408 e. The molecule has 0 heterocycles. The quantitative estimate of drug-likeness (QED) is 0.357. The number of aliphatic carboxylic acids is 1. The number of amides is 3. The van der Waals surface area contributed by atoms with Gasteiger partial charge in [-0.1, -0.05) is 18.6 Å². The van der Waals surface area contributed by atoms with Crippen molar-refractivity contribution in [2.45, 2.75) is 77.4 Å². The van der Waals surface area contributed by atoms with Gasteiger partial charge >= 0.3 is 12.1 Å². The molecule has 0 aromatic heterocycles. The highest BCUT2D eigenvalue weighted by atomic mass is 19.1. The fourth-order valence-electron chi connectivity index (χ4n) is 2.86. The van der Waals surface area contributed by atoms with Crippen LogP contribution in [0.5, 0.6) is 0 Å². The zero-order valence-electron chi connectivity index (χ0n) is 18.7. The molecule has 0 fully saturated rings. The predicted molar refractivity (Wildman–Crippen MR) is 116 cm³/mol. The van der Waals surface area contributed by atoms with Crippen molar-refractivity contribution in [3.05, 3.63) is 29.6 Å². The van der Waals surface area contributed by atoms with Crippen molar-refractivity contribution in [3.8, 4) is 0 Å². The van der Waals surface area contributed by atoms with Crippen LogP contribution < -0.4 is 16.4 Å². The number of halogens is 1. The van der Waals surface area contributed by atoms with Gasteiger partial charge in [0.25, 0.3) is 0 Å². The number of nitrogens with two attached hydrogens (primary N) is 1. The van der Waals surface area contributed by atoms with Gasteiger partial charge in [-0.05, 0) is 58.1 Å². The highest BCUT2D eigenvalue weighted by Crippen LogP contribution is 2.21. The van der Waals surface area contributed by atoms with E-state index >= 15 is 0 Å². The maximum absolute atomic E-state index is 14.8. The standard InChI is InChI=1S/C22H32FN3O6/c1-22(2,3)32-21(31)26-16(12-13-17(24)27)20(30)25-15-10-7-9-14(19(15)23)8-5-4-6-11-18(28)29/h7,9-10,16H,4-6,8,11-13H2,1-3H3,(H2,24,27)(H,25,30)(H,26,31)(H,28,29)/t16-/m0/s1. The third-order valence-corrected chi connectivity index (χ3v) is 4.36. The van der Waals surface area contributed by atoms with Gasteiger partial charge in [0.2, 0.25) is 11.8 Å². The Morgan fingerprint density at radius 3 is 2.41 bits per heavy atom. The SMILES string of the molecule is CC(C)(C)OC(=O)N[C@@H](CCC(N)=O)C(=O)Nc1cccc(CCCCCC(=O)O)c1F. The highest BCUT2D eigenvalue weighted by Gasteiger charge is 2.25. The summed E-state index contributed by atoms with van der Waals surface area (Å²) in [4.78, 5) is 46.4. The minimum atomic E-state index is -1.16. The van der Waals surface area contributed by atoms with Crippen LogP contribution in [0.3, 0.4) is 0 Å². The zero-order chi connectivity index (χ0) is 24.3. The smallest absolute Gasteiger partial charge is 0.408 e. The molecule has 0 bridgehead atoms. The first-order chi connectivity index (χ1) is 14.9. The molecule has 10 heteroatoms. The van der Waals surface area contributed by atoms with Crippen molar-refractivity contribution >= 4 is 29.6 Å². The molecule has 1 aromatic rings. The molecule has 0 spiro atoms. The minimum Gasteiger partial charge on any atom is -0.481 e. The van der Waals surface area contributed by atoms with Crippen LogP contribution in [0.25, 0.3) is 0 Å². The number of unbranched alkanes of at least 4 members (excludes halogenated alkanes) is 2. The second-order valence-electron chi connectivity index (χ2n) is 8.43. The molecular formula is C22H32FN3O6. The molecule has 1 aromatic carbocycles. The van der Waals surface area contributed by atoms with E-state index in [1.54, 1.807) is 32.9 Å². The van der Waals surface area contributed by atoms with Gasteiger partial charge in [-0.15, -0.1) is 0 Å². The lowest BCUT2D eigenvalue weighted by atomic mass is 10.0. The van der Waals surface area contributed by atoms with E-state index < -0.39 is 41.3 Å². The lowest BCUT2D eigenvalue weighted by Crippen LogP contribution is -2.46. The first kappa shape index (κ1) is 26.9. The summed E-state index contributed by atoms with van der Waals surface area (Å²) >= 11 is 0. The number of hydrogen-bond acceptors (Lipinski definition) is 5. The molecule has 32 heavy (non-hydrogen) atoms. The van der Waals surface area contributed by atoms with Crippen LogP contribution in [0, 0.1) is 5.82 Å². The van der Waals surface area contributed by atoms with Gasteiger partial charge in [0.15, 0.2) is 0 Å². The molecule has 0 aliphatic rings. The van der Waals surface area contributed by atoms with Crippen LogP contribution in [0.2, 0.25) is 0 Å². The number of carbonyl (C=O) groups excluding carboxylic acids is 3. The Kier molecular flexibility index (Phi) is 10.6. The number of benzene rings is 1. The summed E-state index contributed by atoms with van der Waals surface area (Å²) in [5.74, 6) is -2.84. The highest BCUT2D eigenvalue weighted by molar-refractivity contribution is 5.97. The van der Waals surface area contributed by atoms with E-state index in [0.29, 0.717) is 31.2 Å². The van der Waals surface area contributed by atoms with Crippen LogP contribution in [0.1, 0.15) is 64.9 Å². The van der Waals surface area contributed by atoms with E-state index in [9.17, 15) is 23.6 Å². The second-order valence-corrected chi connectivity index (χ2v) is 8.43. The number of carboxylic acids is 1. The van der Waals surface area contributed by atoms with Crippen molar-refractivity contribution in [3.63, 3.8) is 0 Å². The van der Waals surface area contributed by atoms with Gasteiger partial charge < -0.3 is 26.2 Å². The van der Waals surface area contributed by atoms with Gasteiger partial charge in [-0.2, -0.15) is 0 Å². The normalized spacial score (nSPS) is 12.0. The van der Waals surface area contributed by atoms with Gasteiger partial charge in [0.05, 0.1) is 5.69 Å². The summed E-state index contributed by atoms with van der Waals surface area (Å²) < 4.78 is 20.0. The molecule has 0 aliphatic heterocycles. The summed E-state index contributed by atoms with van der Waals surface area (Å²) in [6.07, 6.45) is 1.11. The van der Waals surface area contributed by atoms with Gasteiger partial charge in [0, 0.05) is 12.8 Å².